The molecule has 0 saturated carbocycles. The van der Waals surface area contributed by atoms with Gasteiger partial charge in [0.1, 0.15) is 11.6 Å². The molecule has 0 spiro atoms. The molecule has 1 aliphatic heterocycles. The van der Waals surface area contributed by atoms with Crippen LogP contribution in [-0.2, 0) is 4.79 Å². The molecule has 2 unspecified atom stereocenters. The zero-order chi connectivity index (χ0) is 23.2. The van der Waals surface area contributed by atoms with E-state index in [9.17, 15) is 27.1 Å². The first-order valence-electron chi connectivity index (χ1n) is 9.14. The summed E-state index contributed by atoms with van der Waals surface area (Å²) in [5.74, 6) is -3.45. The second kappa shape index (κ2) is 10.7. The molecular weight excluding hydrogens is 447 g/mol. The summed E-state index contributed by atoms with van der Waals surface area (Å²) >= 11 is 5.78. The number of carbonyl (C=O) groups is 1. The maximum atomic E-state index is 14.0. The predicted molar refractivity (Wildman–Crippen MR) is 105 cm³/mol. The number of nitrogens with one attached hydrogen (secondary N) is 1. The van der Waals surface area contributed by atoms with Gasteiger partial charge in [-0.25, -0.2) is 13.6 Å². The van der Waals surface area contributed by atoms with Gasteiger partial charge in [-0.15, -0.1) is 0 Å². The van der Waals surface area contributed by atoms with Crippen molar-refractivity contribution >= 4 is 23.3 Å². The van der Waals surface area contributed by atoms with Gasteiger partial charge in [-0.2, -0.15) is 13.2 Å². The first kappa shape index (κ1) is 24.8. The maximum Gasteiger partial charge on any atom is 0.490 e. The van der Waals surface area contributed by atoms with E-state index in [0.717, 1.165) is 13.0 Å². The minimum atomic E-state index is -5.08. The number of nitrogens with zero attached hydrogens (tertiary/aromatic N) is 1. The van der Waals surface area contributed by atoms with E-state index in [2.05, 4.69) is 5.32 Å². The number of aliphatic hydroxyl groups is 1. The number of aliphatic hydroxyl groups excluding tert-OH is 1. The van der Waals surface area contributed by atoms with Crippen molar-refractivity contribution in [3.63, 3.8) is 0 Å². The highest BCUT2D eigenvalue weighted by Gasteiger charge is 2.38. The topological polar surface area (TPSA) is 72.8 Å². The lowest BCUT2D eigenvalue weighted by Crippen LogP contribution is -2.35. The van der Waals surface area contributed by atoms with E-state index in [1.165, 1.54) is 18.2 Å². The second-order valence-electron chi connectivity index (χ2n) is 6.81. The van der Waals surface area contributed by atoms with Crippen molar-refractivity contribution < 1.29 is 37.0 Å². The van der Waals surface area contributed by atoms with Crippen LogP contribution in [0.15, 0.2) is 42.5 Å². The highest BCUT2D eigenvalue weighted by atomic mass is 35.5. The Morgan fingerprint density at radius 3 is 2.48 bits per heavy atom. The Balaban J connectivity index is 0.000000423. The Hall–Kier alpha value is -2.43. The molecule has 2 aromatic rings. The van der Waals surface area contributed by atoms with E-state index in [0.29, 0.717) is 29.4 Å². The third-order valence-corrected chi connectivity index (χ3v) is 4.75. The first-order chi connectivity index (χ1) is 14.5. The molecule has 1 heterocycles. The number of rotatable bonds is 5. The van der Waals surface area contributed by atoms with Crippen LogP contribution in [0.3, 0.4) is 0 Å². The number of hydrogen-bond acceptors (Lipinski definition) is 4. The monoisotopic (exact) mass is 466 g/mol. The number of carboxylic acid groups (broad SMARTS) is 1. The molecule has 11 heteroatoms. The largest absolute Gasteiger partial charge is 0.490 e. The van der Waals surface area contributed by atoms with Gasteiger partial charge in [0.05, 0.1) is 11.8 Å². The third-order valence-electron chi connectivity index (χ3n) is 4.51. The smallest absolute Gasteiger partial charge is 0.475 e. The van der Waals surface area contributed by atoms with Gasteiger partial charge in [-0.05, 0) is 42.3 Å². The van der Waals surface area contributed by atoms with Crippen LogP contribution >= 0.6 is 11.6 Å². The molecule has 3 rings (SSSR count). The fourth-order valence-corrected chi connectivity index (χ4v) is 3.15. The molecule has 1 saturated heterocycles. The number of alkyl halides is 3. The van der Waals surface area contributed by atoms with E-state index >= 15 is 0 Å². The summed E-state index contributed by atoms with van der Waals surface area (Å²) in [7, 11) is 0. The number of benzene rings is 2. The van der Waals surface area contributed by atoms with Gasteiger partial charge in [-0.3, -0.25) is 0 Å². The summed E-state index contributed by atoms with van der Waals surface area (Å²) in [6.07, 6.45) is -5.01. The highest BCUT2D eigenvalue weighted by Crippen LogP contribution is 2.26. The number of halogens is 6. The van der Waals surface area contributed by atoms with Crippen LogP contribution in [0.4, 0.5) is 27.6 Å². The third kappa shape index (κ3) is 7.64. The van der Waals surface area contributed by atoms with Gasteiger partial charge in [0.15, 0.2) is 0 Å². The summed E-state index contributed by atoms with van der Waals surface area (Å²) in [5, 5.41) is 20.9. The molecule has 0 bridgehead atoms. The van der Waals surface area contributed by atoms with Crippen molar-refractivity contribution in [2.45, 2.75) is 24.7 Å². The Labute approximate surface area is 180 Å². The van der Waals surface area contributed by atoms with Gasteiger partial charge in [0, 0.05) is 30.7 Å². The standard InChI is InChI=1S/C18H19ClF2N2O.C2HF3O2/c19-13-4-5-17(16(21)9-13)23-7-6-15(11-23)22-10-18(24)12-2-1-3-14(20)8-12;3-2(4,5)1(6)7/h1-5,8-9,15,18,22,24H,6-7,10-11H2;(H,6,7). The molecule has 31 heavy (non-hydrogen) atoms. The number of aliphatic carboxylic acids is 1. The van der Waals surface area contributed by atoms with Gasteiger partial charge in [0.25, 0.3) is 0 Å². The Bertz CT molecular complexity index is 897. The van der Waals surface area contributed by atoms with Crippen LogP contribution in [0, 0.1) is 11.6 Å². The van der Waals surface area contributed by atoms with Gasteiger partial charge >= 0.3 is 12.1 Å². The Morgan fingerprint density at radius 1 is 1.23 bits per heavy atom. The molecule has 1 fully saturated rings. The molecule has 2 atom stereocenters. The van der Waals surface area contributed by atoms with Crippen LogP contribution in [0.2, 0.25) is 5.02 Å². The van der Waals surface area contributed by atoms with Gasteiger partial charge in [0.2, 0.25) is 0 Å². The average molecular weight is 467 g/mol. The minimum absolute atomic E-state index is 0.142. The van der Waals surface area contributed by atoms with Crippen molar-refractivity contribution in [2.75, 3.05) is 24.5 Å². The SMILES string of the molecule is O=C(O)C(F)(F)F.OC(CNC1CCN(c2ccc(Cl)cc2F)C1)c1cccc(F)c1. The minimum Gasteiger partial charge on any atom is -0.475 e. The summed E-state index contributed by atoms with van der Waals surface area (Å²) in [6, 6.07) is 10.8. The average Bonchev–Trinajstić information content (AvgIpc) is 3.14. The van der Waals surface area contributed by atoms with Crippen LogP contribution < -0.4 is 10.2 Å². The lowest BCUT2D eigenvalue weighted by atomic mass is 10.1. The van der Waals surface area contributed by atoms with Gasteiger partial charge < -0.3 is 20.4 Å². The summed E-state index contributed by atoms with van der Waals surface area (Å²) in [6.45, 7) is 1.70. The summed E-state index contributed by atoms with van der Waals surface area (Å²) in [4.78, 5) is 10.9. The molecule has 1 aliphatic rings. The number of anilines is 1. The van der Waals surface area contributed by atoms with Crippen molar-refractivity contribution in [2.24, 2.45) is 0 Å². The van der Waals surface area contributed by atoms with Crippen LogP contribution in [0.25, 0.3) is 0 Å². The molecule has 0 amide bonds. The zero-order valence-electron chi connectivity index (χ0n) is 16.0. The Morgan fingerprint density at radius 2 is 1.90 bits per heavy atom. The zero-order valence-corrected chi connectivity index (χ0v) is 16.8. The molecule has 170 valence electrons. The normalized spacial score (nSPS) is 17.1. The second-order valence-corrected chi connectivity index (χ2v) is 7.25. The highest BCUT2D eigenvalue weighted by molar-refractivity contribution is 6.30. The van der Waals surface area contributed by atoms with E-state index < -0.39 is 18.2 Å². The molecule has 5 nitrogen and oxygen atoms in total. The van der Waals surface area contributed by atoms with E-state index in [1.54, 1.807) is 24.3 Å². The van der Waals surface area contributed by atoms with Gasteiger partial charge in [-0.1, -0.05) is 23.7 Å². The van der Waals surface area contributed by atoms with E-state index in [-0.39, 0.29) is 17.7 Å². The lowest BCUT2D eigenvalue weighted by Gasteiger charge is -2.20. The van der Waals surface area contributed by atoms with Crippen LogP contribution in [0.5, 0.6) is 0 Å². The fraction of sp³-hybridized carbons (Fsp3) is 0.350. The van der Waals surface area contributed by atoms with Crippen molar-refractivity contribution in [1.29, 1.82) is 0 Å². The predicted octanol–water partition coefficient (Wildman–Crippen LogP) is 4.15. The lowest BCUT2D eigenvalue weighted by molar-refractivity contribution is -0.192. The van der Waals surface area contributed by atoms with E-state index in [4.69, 9.17) is 21.5 Å². The fourth-order valence-electron chi connectivity index (χ4n) is 2.99. The van der Waals surface area contributed by atoms with Crippen LogP contribution in [0.1, 0.15) is 18.1 Å². The summed E-state index contributed by atoms with van der Waals surface area (Å²) < 4.78 is 58.9. The quantitative estimate of drug-likeness (QED) is 0.577. The van der Waals surface area contributed by atoms with Crippen LogP contribution in [-0.4, -0.2) is 48.0 Å². The summed E-state index contributed by atoms with van der Waals surface area (Å²) in [5.41, 5.74) is 1.08. The van der Waals surface area contributed by atoms with Crippen molar-refractivity contribution in [3.05, 3.63) is 64.7 Å². The Kier molecular flexibility index (Phi) is 8.60. The first-order valence-corrected chi connectivity index (χ1v) is 9.52. The molecule has 0 aliphatic carbocycles. The number of hydrogen-bond donors (Lipinski definition) is 3. The molecule has 2 aromatic carbocycles. The molecule has 0 aromatic heterocycles. The molecular formula is C20H20ClF5N2O3. The van der Waals surface area contributed by atoms with Crippen molar-refractivity contribution in [1.82, 2.24) is 5.32 Å². The maximum absolute atomic E-state index is 14.0. The van der Waals surface area contributed by atoms with E-state index in [1.807, 2.05) is 4.90 Å². The van der Waals surface area contributed by atoms with Crippen molar-refractivity contribution in [3.8, 4) is 0 Å². The number of carboxylic acids is 1. The molecule has 0 radical (unpaired) electrons. The molecule has 3 N–H and O–H groups in total.